The van der Waals surface area contributed by atoms with Crippen LogP contribution in [0.2, 0.25) is 0 Å². The van der Waals surface area contributed by atoms with Crippen molar-refractivity contribution in [3.8, 4) is 0 Å². The molecule has 0 fully saturated rings. The maximum Gasteiger partial charge on any atom is 0.334 e. The highest BCUT2D eigenvalue weighted by Crippen LogP contribution is 2.15. The van der Waals surface area contributed by atoms with Gasteiger partial charge in [0.2, 0.25) is 0 Å². The zero-order valence-corrected chi connectivity index (χ0v) is 21.6. The number of hydrogen-bond acceptors (Lipinski definition) is 4. The van der Waals surface area contributed by atoms with Gasteiger partial charge in [-0.3, -0.25) is 0 Å². The minimum atomic E-state index is -0.406. The van der Waals surface area contributed by atoms with E-state index in [0.717, 1.165) is 38.5 Å². The fourth-order valence-electron chi connectivity index (χ4n) is 3.71. The molecule has 0 unspecified atom stereocenters. The summed E-state index contributed by atoms with van der Waals surface area (Å²) in [5.41, 5.74) is 0.472. The van der Waals surface area contributed by atoms with E-state index in [4.69, 9.17) is 9.47 Å². The van der Waals surface area contributed by atoms with E-state index in [9.17, 15) is 9.59 Å². The minimum absolute atomic E-state index is 0.344. The molecule has 0 N–H and O–H groups in total. The van der Waals surface area contributed by atoms with Crippen LogP contribution >= 0.6 is 0 Å². The first-order valence-electron chi connectivity index (χ1n) is 13.7. The Morgan fingerprint density at radius 1 is 0.531 bits per heavy atom. The fourth-order valence-corrected chi connectivity index (χ4v) is 3.71. The second-order valence-corrected chi connectivity index (χ2v) is 9.03. The molecule has 4 heteroatoms. The zero-order chi connectivity index (χ0) is 23.7. The Bertz CT molecular complexity index is 470. The van der Waals surface area contributed by atoms with E-state index in [-0.39, 0.29) is 5.97 Å². The summed E-state index contributed by atoms with van der Waals surface area (Å²) in [4.78, 5) is 24.8. The van der Waals surface area contributed by atoms with Crippen LogP contribution in [0, 0.1) is 0 Å². The van der Waals surface area contributed by atoms with Gasteiger partial charge < -0.3 is 9.47 Å². The average molecular weight is 453 g/mol. The van der Waals surface area contributed by atoms with E-state index >= 15 is 0 Å². The molecule has 0 aliphatic carbocycles. The third-order valence-corrected chi connectivity index (χ3v) is 5.83. The molecule has 0 aromatic carbocycles. The number of rotatable bonds is 23. The number of esters is 2. The molecular weight excluding hydrogens is 400 g/mol. The van der Waals surface area contributed by atoms with Crippen molar-refractivity contribution >= 4 is 11.9 Å². The molecule has 0 aliphatic rings. The van der Waals surface area contributed by atoms with Gasteiger partial charge in [0.05, 0.1) is 13.2 Å². The molecule has 0 bridgehead atoms. The predicted octanol–water partition coefficient (Wildman–Crippen LogP) is 8.47. The number of carbonyl (C=O) groups is 2. The quantitative estimate of drug-likeness (QED) is 0.0886. The number of ether oxygens (including phenoxy) is 2. The first kappa shape index (κ1) is 30.7. The van der Waals surface area contributed by atoms with Crippen molar-refractivity contribution in [1.82, 2.24) is 0 Å². The summed E-state index contributed by atoms with van der Waals surface area (Å²) < 4.78 is 10.8. The normalized spacial score (nSPS) is 11.5. The molecule has 4 nitrogen and oxygen atoms in total. The average Bonchev–Trinajstić information content (AvgIpc) is 2.79. The van der Waals surface area contributed by atoms with E-state index < -0.39 is 5.97 Å². The van der Waals surface area contributed by atoms with Gasteiger partial charge in [0.15, 0.2) is 0 Å². The monoisotopic (exact) mass is 452 g/mol. The first-order valence-corrected chi connectivity index (χ1v) is 13.7. The molecule has 0 saturated carbocycles. The van der Waals surface area contributed by atoms with E-state index in [1.165, 1.54) is 83.1 Å². The van der Waals surface area contributed by atoms with Gasteiger partial charge in [0.25, 0.3) is 0 Å². The lowest BCUT2D eigenvalue weighted by Gasteiger charge is -2.09. The van der Waals surface area contributed by atoms with Gasteiger partial charge in [-0.25, -0.2) is 9.59 Å². The van der Waals surface area contributed by atoms with E-state index in [1.54, 1.807) is 0 Å². The molecule has 188 valence electrons. The van der Waals surface area contributed by atoms with Crippen molar-refractivity contribution in [2.24, 2.45) is 0 Å². The fraction of sp³-hybridized carbons (Fsp3) is 0.857. The molecule has 0 aromatic rings. The lowest BCUT2D eigenvalue weighted by atomic mass is 10.0. The lowest BCUT2D eigenvalue weighted by molar-refractivity contribution is -0.141. The summed E-state index contributed by atoms with van der Waals surface area (Å²) in [6.07, 6.45) is 22.7. The van der Waals surface area contributed by atoms with E-state index in [0.29, 0.717) is 25.2 Å². The summed E-state index contributed by atoms with van der Waals surface area (Å²) in [5.74, 6) is -0.750. The van der Waals surface area contributed by atoms with Crippen molar-refractivity contribution in [1.29, 1.82) is 0 Å². The lowest BCUT2D eigenvalue weighted by Crippen LogP contribution is -2.12. The van der Waals surface area contributed by atoms with Crippen molar-refractivity contribution in [2.75, 3.05) is 13.2 Å². The standard InChI is InChI=1S/C28H52O4/c1-4-7-10-13-16-19-22-26(28(30)32-24-21-18-15-12-9-6-3)25-27(29)31-23-20-17-14-11-8-5-2/h25H,4-24H2,1-3H3/b26-25-. The van der Waals surface area contributed by atoms with Crippen LogP contribution in [0.5, 0.6) is 0 Å². The van der Waals surface area contributed by atoms with Gasteiger partial charge in [-0.15, -0.1) is 0 Å². The van der Waals surface area contributed by atoms with Crippen LogP contribution in [0.1, 0.15) is 143 Å². The molecule has 0 heterocycles. The van der Waals surface area contributed by atoms with Gasteiger partial charge in [0.1, 0.15) is 0 Å². The topological polar surface area (TPSA) is 52.6 Å². The third kappa shape index (κ3) is 20.6. The van der Waals surface area contributed by atoms with Crippen LogP contribution in [-0.4, -0.2) is 25.2 Å². The van der Waals surface area contributed by atoms with Crippen LogP contribution in [0.15, 0.2) is 11.6 Å². The highest BCUT2D eigenvalue weighted by Gasteiger charge is 2.14. The Hall–Kier alpha value is -1.32. The van der Waals surface area contributed by atoms with Gasteiger partial charge >= 0.3 is 11.9 Å². The highest BCUT2D eigenvalue weighted by atomic mass is 16.5. The molecule has 0 saturated heterocycles. The maximum absolute atomic E-state index is 12.6. The molecule has 0 radical (unpaired) electrons. The largest absolute Gasteiger partial charge is 0.463 e. The van der Waals surface area contributed by atoms with Gasteiger partial charge in [-0.2, -0.15) is 0 Å². The number of unbranched alkanes of at least 4 members (excludes halogenated alkanes) is 15. The molecule has 0 spiro atoms. The van der Waals surface area contributed by atoms with E-state index in [2.05, 4.69) is 20.8 Å². The second-order valence-electron chi connectivity index (χ2n) is 9.03. The highest BCUT2D eigenvalue weighted by molar-refractivity contribution is 5.96. The molecule has 0 rings (SSSR count). The number of carbonyl (C=O) groups excluding carboxylic acids is 2. The summed E-state index contributed by atoms with van der Waals surface area (Å²) in [6, 6.07) is 0. The number of hydrogen-bond donors (Lipinski definition) is 0. The van der Waals surface area contributed by atoms with E-state index in [1.807, 2.05) is 0 Å². The molecule has 0 atom stereocenters. The van der Waals surface area contributed by atoms with Crippen LogP contribution in [0.3, 0.4) is 0 Å². The summed E-state index contributed by atoms with van der Waals surface area (Å²) >= 11 is 0. The Morgan fingerprint density at radius 3 is 1.44 bits per heavy atom. The van der Waals surface area contributed by atoms with Crippen molar-refractivity contribution < 1.29 is 19.1 Å². The molecule has 0 aliphatic heterocycles. The Balaban J connectivity index is 4.37. The smallest absolute Gasteiger partial charge is 0.334 e. The predicted molar refractivity (Wildman–Crippen MR) is 135 cm³/mol. The van der Waals surface area contributed by atoms with Gasteiger partial charge in [-0.1, -0.05) is 117 Å². The van der Waals surface area contributed by atoms with Gasteiger partial charge in [-0.05, 0) is 25.7 Å². The minimum Gasteiger partial charge on any atom is -0.463 e. The SMILES string of the molecule is CCCCCCCCOC(=O)/C=C(/CCCCCCCC)C(=O)OCCCCCCCC. The summed E-state index contributed by atoms with van der Waals surface area (Å²) in [5, 5.41) is 0. The second kappa shape index (κ2) is 24.3. The maximum atomic E-state index is 12.6. The van der Waals surface area contributed by atoms with Crippen molar-refractivity contribution in [3.05, 3.63) is 11.6 Å². The van der Waals surface area contributed by atoms with Crippen LogP contribution in [0.25, 0.3) is 0 Å². The molecule has 0 aromatic heterocycles. The van der Waals surface area contributed by atoms with Crippen LogP contribution in [-0.2, 0) is 19.1 Å². The van der Waals surface area contributed by atoms with Crippen LogP contribution in [0.4, 0.5) is 0 Å². The molecular formula is C28H52O4. The van der Waals surface area contributed by atoms with Gasteiger partial charge in [0, 0.05) is 11.6 Å². The van der Waals surface area contributed by atoms with Crippen LogP contribution < -0.4 is 0 Å². The molecule has 32 heavy (non-hydrogen) atoms. The Morgan fingerprint density at radius 2 is 0.938 bits per heavy atom. The van der Waals surface area contributed by atoms with Crippen molar-refractivity contribution in [2.45, 2.75) is 143 Å². The third-order valence-electron chi connectivity index (χ3n) is 5.83. The Labute approximate surface area is 198 Å². The Kier molecular flexibility index (Phi) is 23.3. The first-order chi connectivity index (χ1) is 15.7. The zero-order valence-electron chi connectivity index (χ0n) is 21.6. The molecule has 0 amide bonds. The van der Waals surface area contributed by atoms with Crippen molar-refractivity contribution in [3.63, 3.8) is 0 Å². The summed E-state index contributed by atoms with van der Waals surface area (Å²) in [6.45, 7) is 7.48. The summed E-state index contributed by atoms with van der Waals surface area (Å²) in [7, 11) is 0.